The van der Waals surface area contributed by atoms with Crippen molar-refractivity contribution >= 4 is 13.3 Å². The zero-order valence-electron chi connectivity index (χ0n) is 14.2. The number of nitrogens with zero attached hydrogens (tertiary/aromatic N) is 1. The molecule has 0 spiro atoms. The lowest BCUT2D eigenvalue weighted by atomic mass is 9.94. The Labute approximate surface area is 149 Å². The Bertz CT molecular complexity index is 769. The van der Waals surface area contributed by atoms with E-state index < -0.39 is 0 Å². The molecule has 3 atom stereocenters. The van der Waals surface area contributed by atoms with Crippen molar-refractivity contribution in [2.75, 3.05) is 13.1 Å². The van der Waals surface area contributed by atoms with Gasteiger partial charge >= 0.3 is 0 Å². The van der Waals surface area contributed by atoms with Crippen LogP contribution in [-0.4, -0.2) is 37.9 Å². The minimum absolute atomic E-state index is 0.116. The number of halogens is 1. The first-order valence-electron chi connectivity index (χ1n) is 8.91. The fourth-order valence-electron chi connectivity index (χ4n) is 4.10. The van der Waals surface area contributed by atoms with Crippen molar-refractivity contribution in [3.05, 3.63) is 59.4 Å². The maximum Gasteiger partial charge on any atom is 0.140 e. The lowest BCUT2D eigenvalue weighted by Crippen LogP contribution is -2.50. The average molecular weight is 336 g/mol. The van der Waals surface area contributed by atoms with Gasteiger partial charge in [-0.2, -0.15) is 0 Å². The molecule has 1 fully saturated rings. The summed E-state index contributed by atoms with van der Waals surface area (Å²) in [6.45, 7) is 1.92. The molecule has 1 aliphatic heterocycles. The van der Waals surface area contributed by atoms with E-state index in [2.05, 4.69) is 23.1 Å². The number of piperidine rings is 1. The van der Waals surface area contributed by atoms with Gasteiger partial charge in [-0.1, -0.05) is 29.7 Å². The highest BCUT2D eigenvalue weighted by Crippen LogP contribution is 2.38. The Hall–Kier alpha value is -1.85. The third-order valence-corrected chi connectivity index (χ3v) is 5.32. The third kappa shape index (κ3) is 3.31. The molecular formula is C20H22BFN2O. The summed E-state index contributed by atoms with van der Waals surface area (Å²) >= 11 is 0. The van der Waals surface area contributed by atoms with Crippen molar-refractivity contribution in [1.29, 1.82) is 0 Å². The average Bonchev–Trinajstić information content (AvgIpc) is 2.96. The Morgan fingerprint density at radius 2 is 2.04 bits per heavy atom. The monoisotopic (exact) mass is 336 g/mol. The van der Waals surface area contributed by atoms with Gasteiger partial charge in [0, 0.05) is 12.6 Å². The molecule has 128 valence electrons. The summed E-state index contributed by atoms with van der Waals surface area (Å²) in [6.07, 6.45) is 3.01. The Morgan fingerprint density at radius 1 is 1.20 bits per heavy atom. The van der Waals surface area contributed by atoms with Gasteiger partial charge in [0.1, 0.15) is 25.5 Å². The Kier molecular flexibility index (Phi) is 4.53. The molecule has 1 saturated heterocycles. The maximum atomic E-state index is 13.4. The first-order valence-corrected chi connectivity index (χ1v) is 8.91. The topological polar surface area (TPSA) is 38.5 Å². The summed E-state index contributed by atoms with van der Waals surface area (Å²) in [5, 5.41) is 0. The summed E-state index contributed by atoms with van der Waals surface area (Å²) < 4.78 is 19.7. The fraction of sp³-hybridized carbons (Fsp3) is 0.400. The van der Waals surface area contributed by atoms with Gasteiger partial charge in [-0.3, -0.25) is 4.90 Å². The zero-order valence-corrected chi connectivity index (χ0v) is 14.2. The van der Waals surface area contributed by atoms with Crippen LogP contribution < -0.4 is 15.9 Å². The highest BCUT2D eigenvalue weighted by atomic mass is 19.1. The van der Waals surface area contributed by atoms with Crippen molar-refractivity contribution < 1.29 is 9.13 Å². The van der Waals surface area contributed by atoms with E-state index in [1.807, 2.05) is 6.07 Å². The highest BCUT2D eigenvalue weighted by Gasteiger charge is 2.39. The summed E-state index contributed by atoms with van der Waals surface area (Å²) in [5.41, 5.74) is 9.02. The van der Waals surface area contributed by atoms with Crippen LogP contribution in [0.3, 0.4) is 0 Å². The van der Waals surface area contributed by atoms with E-state index in [4.69, 9.17) is 18.3 Å². The lowest BCUT2D eigenvalue weighted by Gasteiger charge is -2.38. The molecule has 2 aromatic rings. The van der Waals surface area contributed by atoms with Gasteiger partial charge in [0.25, 0.3) is 0 Å². The normalized spacial score (nSPS) is 26.4. The van der Waals surface area contributed by atoms with Gasteiger partial charge in [0.05, 0.1) is 6.04 Å². The van der Waals surface area contributed by atoms with Crippen molar-refractivity contribution in [3.8, 4) is 5.75 Å². The molecule has 25 heavy (non-hydrogen) atoms. The molecule has 3 nitrogen and oxygen atoms in total. The number of rotatable bonds is 3. The molecule has 2 N–H and O–H groups in total. The first kappa shape index (κ1) is 16.6. The number of benzene rings is 2. The second-order valence-electron chi connectivity index (χ2n) is 7.09. The minimum Gasteiger partial charge on any atom is -0.485 e. The molecule has 1 aliphatic carbocycles. The molecule has 0 saturated carbocycles. The summed E-state index contributed by atoms with van der Waals surface area (Å²) in [5.74, 6) is 0.185. The fourth-order valence-corrected chi connectivity index (χ4v) is 4.10. The van der Waals surface area contributed by atoms with Crippen LogP contribution in [0.4, 0.5) is 4.39 Å². The minimum atomic E-state index is -0.352. The molecule has 2 aromatic carbocycles. The molecule has 0 unspecified atom stereocenters. The van der Waals surface area contributed by atoms with Gasteiger partial charge in [-0.25, -0.2) is 4.39 Å². The number of hydrogen-bond acceptors (Lipinski definition) is 3. The van der Waals surface area contributed by atoms with Crippen molar-refractivity contribution in [2.45, 2.75) is 37.5 Å². The van der Waals surface area contributed by atoms with E-state index in [1.165, 1.54) is 23.3 Å². The Balaban J connectivity index is 1.65. The van der Waals surface area contributed by atoms with E-state index in [0.717, 1.165) is 32.4 Å². The first-order chi connectivity index (χ1) is 12.1. The number of fused-ring (bicyclic) bond motifs is 1. The van der Waals surface area contributed by atoms with Gasteiger partial charge in [-0.05, 0) is 55.1 Å². The molecule has 2 aliphatic rings. The molecule has 0 aromatic heterocycles. The molecular weight excluding hydrogens is 314 g/mol. The standard InChI is InChI=1S/C20H22BFN2O/c21-17-11-14(22)7-8-19(17)25-20-16-6-2-1-4-13(16)10-18(20)24-9-3-5-15(23)12-24/h1-2,4,6-8,11,15,18,20H,3,5,9-10,12,23H2/t15-,18-,20-/m1/s1. The number of ether oxygens (including phenoxy) is 1. The predicted octanol–water partition coefficient (Wildman–Crippen LogP) is 2.09. The summed E-state index contributed by atoms with van der Waals surface area (Å²) in [4.78, 5) is 2.44. The van der Waals surface area contributed by atoms with Crippen LogP contribution in [0.1, 0.15) is 30.1 Å². The molecule has 0 bridgehead atoms. The smallest absolute Gasteiger partial charge is 0.140 e. The molecule has 4 rings (SSSR count). The van der Waals surface area contributed by atoms with E-state index in [9.17, 15) is 4.39 Å². The van der Waals surface area contributed by atoms with Gasteiger partial charge < -0.3 is 10.5 Å². The van der Waals surface area contributed by atoms with Crippen LogP contribution in [0, 0.1) is 5.82 Å². The van der Waals surface area contributed by atoms with E-state index in [1.54, 1.807) is 6.07 Å². The highest BCUT2D eigenvalue weighted by molar-refractivity contribution is 6.34. The number of nitrogens with two attached hydrogens (primary N) is 1. The lowest BCUT2D eigenvalue weighted by molar-refractivity contribution is 0.0598. The second kappa shape index (κ2) is 6.81. The van der Waals surface area contributed by atoms with Crippen LogP contribution >= 0.6 is 0 Å². The van der Waals surface area contributed by atoms with Crippen LogP contribution in [0.25, 0.3) is 0 Å². The maximum absolute atomic E-state index is 13.4. The SMILES string of the molecule is [B]c1cc(F)ccc1O[C@@H]1c2ccccc2C[C@H]1N1CCC[C@@H](N)C1. The predicted molar refractivity (Wildman–Crippen MR) is 97.9 cm³/mol. The molecule has 1 heterocycles. The second-order valence-corrected chi connectivity index (χ2v) is 7.09. The van der Waals surface area contributed by atoms with Crippen molar-refractivity contribution in [3.63, 3.8) is 0 Å². The molecule has 5 heteroatoms. The van der Waals surface area contributed by atoms with Crippen LogP contribution in [0.2, 0.25) is 0 Å². The largest absolute Gasteiger partial charge is 0.485 e. The van der Waals surface area contributed by atoms with Crippen LogP contribution in [0.5, 0.6) is 5.75 Å². The Morgan fingerprint density at radius 3 is 2.84 bits per heavy atom. The van der Waals surface area contributed by atoms with Crippen LogP contribution in [0.15, 0.2) is 42.5 Å². The number of likely N-dealkylation sites (tertiary alicyclic amines) is 1. The van der Waals surface area contributed by atoms with E-state index >= 15 is 0 Å². The number of hydrogen-bond donors (Lipinski definition) is 1. The van der Waals surface area contributed by atoms with E-state index in [0.29, 0.717) is 11.2 Å². The van der Waals surface area contributed by atoms with Crippen molar-refractivity contribution in [2.24, 2.45) is 5.73 Å². The zero-order chi connectivity index (χ0) is 17.4. The van der Waals surface area contributed by atoms with Crippen LogP contribution in [-0.2, 0) is 6.42 Å². The van der Waals surface area contributed by atoms with Crippen molar-refractivity contribution in [1.82, 2.24) is 4.90 Å². The third-order valence-electron chi connectivity index (χ3n) is 5.32. The van der Waals surface area contributed by atoms with Gasteiger partial charge in [-0.15, -0.1) is 0 Å². The summed E-state index contributed by atoms with van der Waals surface area (Å²) in [6, 6.07) is 13.1. The van der Waals surface area contributed by atoms with E-state index in [-0.39, 0.29) is 24.0 Å². The molecule has 2 radical (unpaired) electrons. The molecule has 0 amide bonds. The van der Waals surface area contributed by atoms with Gasteiger partial charge in [0.2, 0.25) is 0 Å². The summed E-state index contributed by atoms with van der Waals surface area (Å²) in [7, 11) is 5.97. The quantitative estimate of drug-likeness (QED) is 0.873. The van der Waals surface area contributed by atoms with Gasteiger partial charge in [0.15, 0.2) is 0 Å².